The van der Waals surface area contributed by atoms with E-state index in [0.29, 0.717) is 5.69 Å². The number of rotatable bonds is 3. The zero-order valence-electron chi connectivity index (χ0n) is 7.17. The largest absolute Gasteiger partial charge is 0.376 e. The number of nitrogens with zero attached hydrogens (tertiary/aromatic N) is 2. The summed E-state index contributed by atoms with van der Waals surface area (Å²) in [6, 6.07) is 6.10. The van der Waals surface area contributed by atoms with E-state index in [1.807, 2.05) is 0 Å². The first-order chi connectivity index (χ1) is 6.15. The molecule has 0 bridgehead atoms. The summed E-state index contributed by atoms with van der Waals surface area (Å²) in [5.74, 6) is 0. The molecule has 0 amide bonds. The van der Waals surface area contributed by atoms with Crippen molar-refractivity contribution in [3.8, 4) is 0 Å². The van der Waals surface area contributed by atoms with Gasteiger partial charge in [0, 0.05) is 24.9 Å². The Morgan fingerprint density at radius 3 is 2.85 bits per heavy atom. The number of nitro groups is 1. The second-order valence-corrected chi connectivity index (χ2v) is 2.62. The fraction of sp³-hybridized carbons (Fsp3) is 0.250. The minimum absolute atomic E-state index is 0.0257. The Hall–Kier alpha value is -1.62. The van der Waals surface area contributed by atoms with Gasteiger partial charge in [0.25, 0.3) is 5.69 Å². The maximum absolute atomic E-state index is 10.4. The quantitative estimate of drug-likeness (QED) is 0.430. The SMILES string of the molecule is CN(CO)c1cccc([N+](=O)[O-])c1. The van der Waals surface area contributed by atoms with E-state index < -0.39 is 4.92 Å². The Bertz CT molecular complexity index is 314. The molecule has 0 spiro atoms. The Morgan fingerprint density at radius 1 is 1.62 bits per heavy atom. The Balaban J connectivity index is 2.98. The van der Waals surface area contributed by atoms with Gasteiger partial charge >= 0.3 is 0 Å². The molecule has 5 nitrogen and oxygen atoms in total. The van der Waals surface area contributed by atoms with Gasteiger partial charge in [-0.3, -0.25) is 10.1 Å². The van der Waals surface area contributed by atoms with Gasteiger partial charge in [0.05, 0.1) is 4.92 Å². The summed E-state index contributed by atoms with van der Waals surface area (Å²) in [6.45, 7) is -0.166. The maximum atomic E-state index is 10.4. The topological polar surface area (TPSA) is 66.6 Å². The van der Waals surface area contributed by atoms with Gasteiger partial charge < -0.3 is 10.0 Å². The van der Waals surface area contributed by atoms with E-state index in [9.17, 15) is 10.1 Å². The highest BCUT2D eigenvalue weighted by atomic mass is 16.6. The molecule has 1 aromatic rings. The van der Waals surface area contributed by atoms with Crippen LogP contribution in [-0.2, 0) is 0 Å². The van der Waals surface area contributed by atoms with Crippen LogP contribution in [0.15, 0.2) is 24.3 Å². The van der Waals surface area contributed by atoms with Gasteiger partial charge in [-0.2, -0.15) is 0 Å². The summed E-state index contributed by atoms with van der Waals surface area (Å²) in [7, 11) is 1.65. The summed E-state index contributed by atoms with van der Waals surface area (Å²) in [4.78, 5) is 11.4. The van der Waals surface area contributed by atoms with Crippen LogP contribution < -0.4 is 4.90 Å². The minimum Gasteiger partial charge on any atom is -0.376 e. The Labute approximate surface area is 75.4 Å². The van der Waals surface area contributed by atoms with Gasteiger partial charge in [-0.15, -0.1) is 0 Å². The van der Waals surface area contributed by atoms with Gasteiger partial charge in [-0.25, -0.2) is 0 Å². The zero-order valence-corrected chi connectivity index (χ0v) is 7.17. The molecule has 0 aromatic heterocycles. The third-order valence-corrected chi connectivity index (χ3v) is 1.69. The van der Waals surface area contributed by atoms with Crippen molar-refractivity contribution in [3.05, 3.63) is 34.4 Å². The normalized spacial score (nSPS) is 9.69. The van der Waals surface area contributed by atoms with Crippen molar-refractivity contribution >= 4 is 11.4 Å². The first kappa shape index (κ1) is 9.47. The third kappa shape index (κ3) is 2.16. The minimum atomic E-state index is -0.464. The smallest absolute Gasteiger partial charge is 0.271 e. The molecule has 1 rings (SSSR count). The van der Waals surface area contributed by atoms with Gasteiger partial charge in [0.2, 0.25) is 0 Å². The molecule has 70 valence electrons. The molecular weight excluding hydrogens is 172 g/mol. The highest BCUT2D eigenvalue weighted by Gasteiger charge is 2.07. The van der Waals surface area contributed by atoms with Crippen LogP contribution in [0, 0.1) is 10.1 Å². The summed E-state index contributed by atoms with van der Waals surface area (Å²) < 4.78 is 0. The van der Waals surface area contributed by atoms with Gasteiger partial charge in [-0.05, 0) is 6.07 Å². The summed E-state index contributed by atoms with van der Waals surface area (Å²) in [6.07, 6.45) is 0. The van der Waals surface area contributed by atoms with Crippen molar-refractivity contribution < 1.29 is 10.0 Å². The fourth-order valence-corrected chi connectivity index (χ4v) is 0.926. The van der Waals surface area contributed by atoms with Crippen molar-refractivity contribution in [2.75, 3.05) is 18.7 Å². The highest BCUT2D eigenvalue weighted by Crippen LogP contribution is 2.19. The first-order valence-corrected chi connectivity index (χ1v) is 3.71. The van der Waals surface area contributed by atoms with E-state index in [4.69, 9.17) is 5.11 Å². The number of aliphatic hydroxyl groups is 1. The molecule has 1 aromatic carbocycles. The van der Waals surface area contributed by atoms with Crippen LogP contribution in [0.2, 0.25) is 0 Å². The average molecular weight is 182 g/mol. The van der Waals surface area contributed by atoms with Crippen LogP contribution in [0.5, 0.6) is 0 Å². The molecule has 0 heterocycles. The van der Waals surface area contributed by atoms with Gasteiger partial charge in [0.1, 0.15) is 6.73 Å². The lowest BCUT2D eigenvalue weighted by Gasteiger charge is -2.14. The Morgan fingerprint density at radius 2 is 2.31 bits per heavy atom. The van der Waals surface area contributed by atoms with Crippen molar-refractivity contribution in [2.45, 2.75) is 0 Å². The molecule has 0 saturated carbocycles. The number of anilines is 1. The third-order valence-electron chi connectivity index (χ3n) is 1.69. The fourth-order valence-electron chi connectivity index (χ4n) is 0.926. The molecule has 5 heteroatoms. The summed E-state index contributed by atoms with van der Waals surface area (Å²) >= 11 is 0. The number of hydrogen-bond donors (Lipinski definition) is 1. The zero-order chi connectivity index (χ0) is 9.84. The molecule has 0 aliphatic carbocycles. The van der Waals surface area contributed by atoms with Crippen LogP contribution in [0.25, 0.3) is 0 Å². The molecule has 0 aliphatic heterocycles. The van der Waals surface area contributed by atoms with Crippen molar-refractivity contribution in [3.63, 3.8) is 0 Å². The second-order valence-electron chi connectivity index (χ2n) is 2.62. The number of benzene rings is 1. The van der Waals surface area contributed by atoms with Crippen molar-refractivity contribution in [1.82, 2.24) is 0 Å². The number of non-ortho nitro benzene ring substituents is 1. The van der Waals surface area contributed by atoms with Crippen LogP contribution in [-0.4, -0.2) is 23.8 Å². The molecular formula is C8H10N2O3. The Kier molecular flexibility index (Phi) is 2.81. The second kappa shape index (κ2) is 3.86. The molecule has 13 heavy (non-hydrogen) atoms. The number of hydrogen-bond acceptors (Lipinski definition) is 4. The van der Waals surface area contributed by atoms with Crippen LogP contribution in [0.4, 0.5) is 11.4 Å². The first-order valence-electron chi connectivity index (χ1n) is 3.71. The summed E-state index contributed by atoms with van der Waals surface area (Å²) in [5.41, 5.74) is 0.648. The number of aliphatic hydroxyl groups excluding tert-OH is 1. The van der Waals surface area contributed by atoms with E-state index >= 15 is 0 Å². The van der Waals surface area contributed by atoms with Crippen LogP contribution >= 0.6 is 0 Å². The highest BCUT2D eigenvalue weighted by molar-refractivity contribution is 5.52. The molecule has 0 fully saturated rings. The predicted octanol–water partition coefficient (Wildman–Crippen LogP) is 0.981. The average Bonchev–Trinajstić information content (AvgIpc) is 2.17. The standard InChI is InChI=1S/C8H10N2O3/c1-9(6-11)7-3-2-4-8(5-7)10(12)13/h2-5,11H,6H2,1H3. The lowest BCUT2D eigenvalue weighted by molar-refractivity contribution is -0.384. The van der Waals surface area contributed by atoms with E-state index in [1.54, 1.807) is 19.2 Å². The van der Waals surface area contributed by atoms with Gasteiger partial charge in [0.15, 0.2) is 0 Å². The predicted molar refractivity (Wildman–Crippen MR) is 48.6 cm³/mol. The van der Waals surface area contributed by atoms with E-state index in [-0.39, 0.29) is 12.4 Å². The van der Waals surface area contributed by atoms with Crippen molar-refractivity contribution in [2.24, 2.45) is 0 Å². The van der Waals surface area contributed by atoms with Crippen molar-refractivity contribution in [1.29, 1.82) is 0 Å². The molecule has 0 atom stereocenters. The summed E-state index contributed by atoms with van der Waals surface area (Å²) in [5, 5.41) is 19.2. The van der Waals surface area contributed by atoms with E-state index in [1.165, 1.54) is 17.0 Å². The van der Waals surface area contributed by atoms with E-state index in [0.717, 1.165) is 0 Å². The molecule has 0 unspecified atom stereocenters. The van der Waals surface area contributed by atoms with Crippen LogP contribution in [0.1, 0.15) is 0 Å². The molecule has 0 saturated heterocycles. The number of nitro benzene ring substituents is 1. The molecule has 0 aliphatic rings. The monoisotopic (exact) mass is 182 g/mol. The molecule has 1 N–H and O–H groups in total. The lowest BCUT2D eigenvalue weighted by Crippen LogP contribution is -2.17. The van der Waals surface area contributed by atoms with E-state index in [2.05, 4.69) is 0 Å². The molecule has 0 radical (unpaired) electrons. The van der Waals surface area contributed by atoms with Crippen LogP contribution in [0.3, 0.4) is 0 Å². The maximum Gasteiger partial charge on any atom is 0.271 e. The lowest BCUT2D eigenvalue weighted by atomic mass is 10.3. The van der Waals surface area contributed by atoms with Gasteiger partial charge in [-0.1, -0.05) is 6.07 Å².